The predicted octanol–water partition coefficient (Wildman–Crippen LogP) is 0.831. The molecule has 124 valence electrons. The lowest BCUT2D eigenvalue weighted by molar-refractivity contribution is -0.123. The second-order valence-electron chi connectivity index (χ2n) is 5.22. The van der Waals surface area contributed by atoms with Crippen molar-refractivity contribution >= 4 is 18.0 Å². The van der Waals surface area contributed by atoms with Crippen molar-refractivity contribution in [2.24, 2.45) is 5.10 Å². The Hall–Kier alpha value is -2.41. The third-order valence-electron chi connectivity index (χ3n) is 3.24. The van der Waals surface area contributed by atoms with Gasteiger partial charge < -0.3 is 14.8 Å². The Labute approximate surface area is 135 Å². The summed E-state index contributed by atoms with van der Waals surface area (Å²) in [7, 11) is 0. The van der Waals surface area contributed by atoms with Crippen LogP contribution in [0.3, 0.4) is 0 Å². The maximum absolute atomic E-state index is 11.7. The molecule has 1 fully saturated rings. The zero-order valence-electron chi connectivity index (χ0n) is 13.1. The van der Waals surface area contributed by atoms with E-state index in [-0.39, 0.29) is 24.5 Å². The minimum absolute atomic E-state index is 0.0357. The van der Waals surface area contributed by atoms with Crippen molar-refractivity contribution in [1.82, 2.24) is 10.7 Å². The molecule has 0 aliphatic carbocycles. The van der Waals surface area contributed by atoms with Gasteiger partial charge >= 0.3 is 0 Å². The SMILES string of the molecule is CC(=O)N/N=C/c1ccc(OCC(=O)NC[C@H]2CCCO2)cc1. The van der Waals surface area contributed by atoms with Crippen LogP contribution in [0.2, 0.25) is 0 Å². The predicted molar refractivity (Wildman–Crippen MR) is 85.3 cm³/mol. The van der Waals surface area contributed by atoms with Crippen LogP contribution in [0.5, 0.6) is 5.75 Å². The minimum atomic E-state index is -0.227. The van der Waals surface area contributed by atoms with Crippen molar-refractivity contribution in [3.05, 3.63) is 29.8 Å². The van der Waals surface area contributed by atoms with Crippen molar-refractivity contribution in [2.45, 2.75) is 25.9 Å². The van der Waals surface area contributed by atoms with Crippen molar-refractivity contribution < 1.29 is 19.1 Å². The zero-order chi connectivity index (χ0) is 16.5. The Morgan fingerprint density at radius 1 is 1.39 bits per heavy atom. The summed E-state index contributed by atoms with van der Waals surface area (Å²) in [5, 5.41) is 6.56. The molecule has 1 saturated heterocycles. The summed E-state index contributed by atoms with van der Waals surface area (Å²) in [5.74, 6) is 0.195. The number of ether oxygens (including phenoxy) is 2. The van der Waals surface area contributed by atoms with Crippen LogP contribution in [0.15, 0.2) is 29.4 Å². The van der Waals surface area contributed by atoms with E-state index < -0.39 is 0 Å². The Kier molecular flexibility index (Phi) is 6.56. The number of hydrazone groups is 1. The highest BCUT2D eigenvalue weighted by atomic mass is 16.5. The van der Waals surface area contributed by atoms with Gasteiger partial charge in [0.2, 0.25) is 5.91 Å². The fourth-order valence-corrected chi connectivity index (χ4v) is 2.08. The Morgan fingerprint density at radius 2 is 2.17 bits per heavy atom. The average Bonchev–Trinajstić information content (AvgIpc) is 3.05. The molecule has 2 N–H and O–H groups in total. The fourth-order valence-electron chi connectivity index (χ4n) is 2.08. The molecule has 1 heterocycles. The number of benzene rings is 1. The molecule has 7 heteroatoms. The lowest BCUT2D eigenvalue weighted by Gasteiger charge is -2.11. The molecule has 0 spiro atoms. The molecule has 1 atom stereocenters. The first-order valence-corrected chi connectivity index (χ1v) is 7.54. The van der Waals surface area contributed by atoms with Gasteiger partial charge in [-0.05, 0) is 42.7 Å². The molecule has 1 aliphatic rings. The lowest BCUT2D eigenvalue weighted by atomic mass is 10.2. The van der Waals surface area contributed by atoms with Crippen LogP contribution < -0.4 is 15.5 Å². The topological polar surface area (TPSA) is 89.0 Å². The molecule has 0 aromatic heterocycles. The highest BCUT2D eigenvalue weighted by Crippen LogP contribution is 2.12. The van der Waals surface area contributed by atoms with E-state index >= 15 is 0 Å². The van der Waals surface area contributed by atoms with Crippen LogP contribution in [-0.4, -0.2) is 43.9 Å². The van der Waals surface area contributed by atoms with Gasteiger partial charge in [0.25, 0.3) is 5.91 Å². The molecule has 23 heavy (non-hydrogen) atoms. The number of hydrogen-bond donors (Lipinski definition) is 2. The van der Waals surface area contributed by atoms with Crippen LogP contribution >= 0.6 is 0 Å². The molecule has 0 radical (unpaired) electrons. The third-order valence-corrected chi connectivity index (χ3v) is 3.24. The molecule has 0 unspecified atom stereocenters. The second kappa shape index (κ2) is 8.89. The summed E-state index contributed by atoms with van der Waals surface area (Å²) in [4.78, 5) is 22.4. The van der Waals surface area contributed by atoms with Gasteiger partial charge in [-0.3, -0.25) is 9.59 Å². The minimum Gasteiger partial charge on any atom is -0.484 e. The Bertz CT molecular complexity index is 551. The highest BCUT2D eigenvalue weighted by Gasteiger charge is 2.16. The monoisotopic (exact) mass is 319 g/mol. The van der Waals surface area contributed by atoms with E-state index in [1.54, 1.807) is 24.3 Å². The zero-order valence-corrected chi connectivity index (χ0v) is 13.1. The number of amides is 2. The summed E-state index contributed by atoms with van der Waals surface area (Å²) in [6, 6.07) is 7.04. The summed E-state index contributed by atoms with van der Waals surface area (Å²) in [5.41, 5.74) is 3.14. The van der Waals surface area contributed by atoms with Gasteiger partial charge in [0, 0.05) is 20.1 Å². The number of carbonyl (C=O) groups is 2. The number of rotatable bonds is 7. The fraction of sp³-hybridized carbons (Fsp3) is 0.438. The first-order valence-electron chi connectivity index (χ1n) is 7.54. The van der Waals surface area contributed by atoms with Gasteiger partial charge in [-0.2, -0.15) is 5.10 Å². The molecule has 1 aromatic carbocycles. The smallest absolute Gasteiger partial charge is 0.258 e. The standard InChI is InChI=1S/C16H21N3O4/c1-12(20)19-18-9-13-4-6-14(7-5-13)23-11-16(21)17-10-15-3-2-8-22-15/h4-7,9,15H,2-3,8,10-11H2,1H3,(H,17,21)(H,19,20)/b18-9+/t15-/m1/s1. The Morgan fingerprint density at radius 3 is 2.83 bits per heavy atom. The number of nitrogens with zero attached hydrogens (tertiary/aromatic N) is 1. The molecule has 0 saturated carbocycles. The molecule has 0 bridgehead atoms. The van der Waals surface area contributed by atoms with Gasteiger partial charge in [0.15, 0.2) is 6.61 Å². The van der Waals surface area contributed by atoms with E-state index in [2.05, 4.69) is 15.8 Å². The van der Waals surface area contributed by atoms with Gasteiger partial charge in [0.1, 0.15) is 5.75 Å². The second-order valence-corrected chi connectivity index (χ2v) is 5.22. The van der Waals surface area contributed by atoms with E-state index in [1.165, 1.54) is 13.1 Å². The van der Waals surface area contributed by atoms with E-state index in [0.29, 0.717) is 12.3 Å². The van der Waals surface area contributed by atoms with Crippen LogP contribution in [0.4, 0.5) is 0 Å². The number of carbonyl (C=O) groups excluding carboxylic acids is 2. The molecule has 1 aromatic rings. The van der Waals surface area contributed by atoms with Crippen LogP contribution in [0.1, 0.15) is 25.3 Å². The van der Waals surface area contributed by atoms with E-state index in [4.69, 9.17) is 9.47 Å². The maximum Gasteiger partial charge on any atom is 0.258 e. The van der Waals surface area contributed by atoms with Gasteiger partial charge in [0.05, 0.1) is 12.3 Å². The average molecular weight is 319 g/mol. The molecule has 7 nitrogen and oxygen atoms in total. The van der Waals surface area contributed by atoms with Crippen molar-refractivity contribution in [3.63, 3.8) is 0 Å². The van der Waals surface area contributed by atoms with Gasteiger partial charge in [-0.15, -0.1) is 0 Å². The quantitative estimate of drug-likeness (QED) is 0.575. The van der Waals surface area contributed by atoms with Crippen molar-refractivity contribution in [1.29, 1.82) is 0 Å². The van der Waals surface area contributed by atoms with Gasteiger partial charge in [-0.1, -0.05) is 0 Å². The number of hydrogen-bond acceptors (Lipinski definition) is 5. The normalized spacial score (nSPS) is 17.2. The molecular weight excluding hydrogens is 298 g/mol. The van der Waals surface area contributed by atoms with Crippen molar-refractivity contribution in [3.8, 4) is 5.75 Å². The molecule has 2 amide bonds. The number of nitrogens with one attached hydrogen (secondary N) is 2. The van der Waals surface area contributed by atoms with Crippen LogP contribution in [-0.2, 0) is 14.3 Å². The first-order chi connectivity index (χ1) is 11.1. The van der Waals surface area contributed by atoms with E-state index in [1.807, 2.05) is 0 Å². The highest BCUT2D eigenvalue weighted by molar-refractivity contribution is 5.81. The molecule has 2 rings (SSSR count). The summed E-state index contributed by atoms with van der Waals surface area (Å²) >= 11 is 0. The Balaban J connectivity index is 1.69. The van der Waals surface area contributed by atoms with Gasteiger partial charge in [-0.25, -0.2) is 5.43 Å². The summed E-state index contributed by atoms with van der Waals surface area (Å²) < 4.78 is 10.8. The maximum atomic E-state index is 11.7. The molecular formula is C16H21N3O4. The van der Waals surface area contributed by atoms with Crippen LogP contribution in [0.25, 0.3) is 0 Å². The van der Waals surface area contributed by atoms with E-state index in [9.17, 15) is 9.59 Å². The molecule has 1 aliphatic heterocycles. The first kappa shape index (κ1) is 17.0. The lowest BCUT2D eigenvalue weighted by Crippen LogP contribution is -2.35. The van der Waals surface area contributed by atoms with E-state index in [0.717, 1.165) is 25.0 Å². The van der Waals surface area contributed by atoms with Crippen molar-refractivity contribution in [2.75, 3.05) is 19.8 Å². The summed E-state index contributed by atoms with van der Waals surface area (Å²) in [6.07, 6.45) is 3.69. The van der Waals surface area contributed by atoms with Crippen LogP contribution in [0, 0.1) is 0 Å². The summed E-state index contributed by atoms with van der Waals surface area (Å²) in [6.45, 7) is 2.65. The third kappa shape index (κ3) is 6.48. The largest absolute Gasteiger partial charge is 0.484 e.